The minimum absolute atomic E-state index is 0.0386. The van der Waals surface area contributed by atoms with Gasteiger partial charge in [-0.25, -0.2) is 4.79 Å². The Bertz CT molecular complexity index is 1430. The minimum atomic E-state index is -0.607. The standard InChI is InChI=1S/C20H28ClN3O4.C15H20ClN3O2/c1-20(2,3)28-19(27)23-10-8-22(9-11-23)16-12-24(13-17(16)25)18(26)14-4-6-15(21)7-5-14;16-12-3-1-11(2-4-12)15(21)19-9-13(14(20)10-19)18-7-5-17-6-8-18/h4-7,16-17,25H,8-13H2,1-3H3;1-4,13-14,17,20H,5-10H2/t16-,17-;13-,14-/m00/s1. The predicted molar refractivity (Wildman–Crippen MR) is 188 cm³/mol. The molecular weight excluding hydrogens is 671 g/mol. The number of hydrogen-bond acceptors (Lipinski definition) is 9. The Morgan fingerprint density at radius 2 is 1.06 bits per heavy atom. The highest BCUT2D eigenvalue weighted by Crippen LogP contribution is 2.23. The average molecular weight is 720 g/mol. The molecule has 4 aliphatic rings. The van der Waals surface area contributed by atoms with E-state index in [2.05, 4.69) is 15.1 Å². The van der Waals surface area contributed by atoms with E-state index in [4.69, 9.17) is 27.9 Å². The molecule has 4 aliphatic heterocycles. The number of amides is 3. The molecule has 2 aromatic rings. The second-order valence-corrected chi connectivity index (χ2v) is 14.9. The van der Waals surface area contributed by atoms with Crippen LogP contribution >= 0.6 is 23.2 Å². The molecule has 0 radical (unpaired) electrons. The highest BCUT2D eigenvalue weighted by molar-refractivity contribution is 6.31. The van der Waals surface area contributed by atoms with Gasteiger partial charge in [0.15, 0.2) is 0 Å². The van der Waals surface area contributed by atoms with Crippen LogP contribution in [0, 0.1) is 0 Å². The zero-order chi connectivity index (χ0) is 35.3. The maximum absolute atomic E-state index is 12.7. The van der Waals surface area contributed by atoms with E-state index in [1.54, 1.807) is 63.2 Å². The van der Waals surface area contributed by atoms with Crippen molar-refractivity contribution in [2.45, 2.75) is 50.7 Å². The second kappa shape index (κ2) is 16.4. The molecule has 268 valence electrons. The summed E-state index contributed by atoms with van der Waals surface area (Å²) in [4.78, 5) is 46.9. The fourth-order valence-electron chi connectivity index (χ4n) is 6.71. The van der Waals surface area contributed by atoms with Crippen LogP contribution in [0.5, 0.6) is 0 Å². The van der Waals surface area contributed by atoms with Gasteiger partial charge in [0, 0.05) is 99.7 Å². The van der Waals surface area contributed by atoms with E-state index in [1.165, 1.54) is 0 Å². The highest BCUT2D eigenvalue weighted by atomic mass is 35.5. The summed E-state index contributed by atoms with van der Waals surface area (Å²) in [7, 11) is 0. The molecule has 4 fully saturated rings. The Morgan fingerprint density at radius 1 is 0.653 bits per heavy atom. The number of aliphatic hydroxyl groups excluding tert-OH is 2. The van der Waals surface area contributed by atoms with E-state index >= 15 is 0 Å². The first kappa shape index (κ1) is 37.3. The van der Waals surface area contributed by atoms with Crippen LogP contribution in [0.1, 0.15) is 41.5 Å². The van der Waals surface area contributed by atoms with Crippen molar-refractivity contribution < 1.29 is 29.3 Å². The molecular formula is C35H48Cl2N6O6. The van der Waals surface area contributed by atoms with Crippen molar-refractivity contribution in [2.75, 3.05) is 78.5 Å². The molecule has 14 heteroatoms. The summed E-state index contributed by atoms with van der Waals surface area (Å²) in [6, 6.07) is 13.6. The fraction of sp³-hybridized carbons (Fsp3) is 0.571. The Labute approximate surface area is 298 Å². The molecule has 12 nitrogen and oxygen atoms in total. The van der Waals surface area contributed by atoms with Crippen molar-refractivity contribution in [3.8, 4) is 0 Å². The summed E-state index contributed by atoms with van der Waals surface area (Å²) in [5, 5.41) is 25.3. The van der Waals surface area contributed by atoms with Crippen LogP contribution in [-0.2, 0) is 4.74 Å². The number of rotatable bonds is 4. The molecule has 4 atom stereocenters. The summed E-state index contributed by atoms with van der Waals surface area (Å²) in [5.74, 6) is -0.144. The van der Waals surface area contributed by atoms with Crippen molar-refractivity contribution >= 4 is 41.1 Å². The van der Waals surface area contributed by atoms with Gasteiger partial charge in [-0.3, -0.25) is 19.4 Å². The molecule has 4 heterocycles. The van der Waals surface area contributed by atoms with E-state index in [0.717, 1.165) is 26.2 Å². The maximum atomic E-state index is 12.7. The van der Waals surface area contributed by atoms with Gasteiger partial charge in [0.25, 0.3) is 11.8 Å². The minimum Gasteiger partial charge on any atom is -0.444 e. The maximum Gasteiger partial charge on any atom is 0.410 e. The van der Waals surface area contributed by atoms with Gasteiger partial charge in [-0.1, -0.05) is 23.2 Å². The molecule has 0 aliphatic carbocycles. The van der Waals surface area contributed by atoms with E-state index in [-0.39, 0.29) is 30.0 Å². The van der Waals surface area contributed by atoms with Crippen LogP contribution in [-0.4, -0.2) is 161 Å². The van der Waals surface area contributed by atoms with Crippen molar-refractivity contribution in [3.05, 3.63) is 69.7 Å². The van der Waals surface area contributed by atoms with Gasteiger partial charge in [-0.05, 0) is 69.3 Å². The van der Waals surface area contributed by atoms with Crippen LogP contribution in [0.4, 0.5) is 4.79 Å². The van der Waals surface area contributed by atoms with Crippen LogP contribution in [0.2, 0.25) is 10.0 Å². The average Bonchev–Trinajstić information content (AvgIpc) is 3.67. The largest absolute Gasteiger partial charge is 0.444 e. The third kappa shape index (κ3) is 9.84. The Morgan fingerprint density at radius 3 is 1.47 bits per heavy atom. The van der Waals surface area contributed by atoms with Crippen molar-refractivity contribution in [2.24, 2.45) is 0 Å². The second-order valence-electron chi connectivity index (χ2n) is 14.0. The first-order valence-corrected chi connectivity index (χ1v) is 17.7. The Hall–Kier alpha value is -2.97. The number of likely N-dealkylation sites (tertiary alicyclic amines) is 2. The number of nitrogens with zero attached hydrogens (tertiary/aromatic N) is 5. The topological polar surface area (TPSA) is 129 Å². The third-order valence-electron chi connectivity index (χ3n) is 9.33. The van der Waals surface area contributed by atoms with Gasteiger partial charge in [0.05, 0.1) is 24.3 Å². The number of carbonyl (C=O) groups excluding carboxylic acids is 3. The van der Waals surface area contributed by atoms with Crippen molar-refractivity contribution in [3.63, 3.8) is 0 Å². The van der Waals surface area contributed by atoms with Crippen LogP contribution in [0.3, 0.4) is 0 Å². The lowest BCUT2D eigenvalue weighted by molar-refractivity contribution is 0.00329. The van der Waals surface area contributed by atoms with Crippen molar-refractivity contribution in [1.29, 1.82) is 0 Å². The fourth-order valence-corrected chi connectivity index (χ4v) is 6.97. The number of piperazine rings is 2. The molecule has 0 bridgehead atoms. The molecule has 0 aromatic heterocycles. The van der Waals surface area contributed by atoms with Gasteiger partial charge in [-0.15, -0.1) is 0 Å². The number of halogens is 2. The number of benzene rings is 2. The lowest BCUT2D eigenvalue weighted by Crippen LogP contribution is -2.55. The lowest BCUT2D eigenvalue weighted by atomic mass is 10.1. The number of carbonyl (C=O) groups is 3. The first-order chi connectivity index (χ1) is 23.3. The first-order valence-electron chi connectivity index (χ1n) is 16.9. The number of nitrogens with one attached hydrogen (secondary N) is 1. The number of hydrogen-bond donors (Lipinski definition) is 3. The highest BCUT2D eigenvalue weighted by Gasteiger charge is 2.40. The summed E-state index contributed by atoms with van der Waals surface area (Å²) in [6.07, 6.45) is -1.39. The number of ether oxygens (including phenoxy) is 1. The third-order valence-corrected chi connectivity index (χ3v) is 9.83. The Kier molecular flexibility index (Phi) is 12.5. The zero-order valence-corrected chi connectivity index (χ0v) is 29.9. The Balaban J connectivity index is 0.000000199. The quantitative estimate of drug-likeness (QED) is 0.437. The normalized spacial score (nSPS) is 25.2. The molecule has 3 amide bonds. The van der Waals surface area contributed by atoms with E-state index < -0.39 is 17.8 Å². The molecule has 0 unspecified atom stereocenters. The molecule has 2 aromatic carbocycles. The monoisotopic (exact) mass is 718 g/mol. The van der Waals surface area contributed by atoms with E-state index in [9.17, 15) is 24.6 Å². The van der Waals surface area contributed by atoms with Crippen LogP contribution in [0.25, 0.3) is 0 Å². The number of aliphatic hydroxyl groups is 2. The van der Waals surface area contributed by atoms with Gasteiger partial charge in [0.2, 0.25) is 0 Å². The summed E-state index contributed by atoms with van der Waals surface area (Å²) >= 11 is 11.7. The predicted octanol–water partition coefficient (Wildman–Crippen LogP) is 2.51. The molecule has 0 saturated carbocycles. The van der Waals surface area contributed by atoms with Crippen molar-refractivity contribution in [1.82, 2.24) is 29.8 Å². The van der Waals surface area contributed by atoms with E-state index in [1.807, 2.05) is 20.8 Å². The number of β-amino-alcohol motifs (C(OH)–C–C–N with tert-alkyl or cyclic N) is 2. The van der Waals surface area contributed by atoms with Gasteiger partial charge in [-0.2, -0.15) is 0 Å². The molecule has 49 heavy (non-hydrogen) atoms. The zero-order valence-electron chi connectivity index (χ0n) is 28.4. The molecule has 6 rings (SSSR count). The summed E-state index contributed by atoms with van der Waals surface area (Å²) in [5.41, 5.74) is 0.665. The van der Waals surface area contributed by atoms with E-state index in [0.29, 0.717) is 73.5 Å². The molecule has 0 spiro atoms. The molecule has 3 N–H and O–H groups in total. The van der Waals surface area contributed by atoms with Crippen LogP contribution < -0.4 is 5.32 Å². The summed E-state index contributed by atoms with van der Waals surface area (Å²) in [6.45, 7) is 13.4. The van der Waals surface area contributed by atoms with Gasteiger partial charge < -0.3 is 35.0 Å². The lowest BCUT2D eigenvalue weighted by Gasteiger charge is -2.39. The smallest absolute Gasteiger partial charge is 0.410 e. The van der Waals surface area contributed by atoms with Gasteiger partial charge >= 0.3 is 6.09 Å². The molecule has 4 saturated heterocycles. The van der Waals surface area contributed by atoms with Gasteiger partial charge in [0.1, 0.15) is 5.60 Å². The summed E-state index contributed by atoms with van der Waals surface area (Å²) < 4.78 is 5.42. The SMILES string of the molecule is CC(C)(C)OC(=O)N1CCN([C@H]2CN(C(=O)c3ccc(Cl)cc3)C[C@@H]2O)CC1.O=C(c1ccc(Cl)cc1)N1C[C@H](O)[C@@H](N2CCNCC2)C1. The van der Waals surface area contributed by atoms with Crippen LogP contribution in [0.15, 0.2) is 48.5 Å².